The molecule has 26 heavy (non-hydrogen) atoms. The molecule has 126 valence electrons. The van der Waals surface area contributed by atoms with Gasteiger partial charge in [-0.3, -0.25) is 0 Å². The molecule has 0 amide bonds. The van der Waals surface area contributed by atoms with Gasteiger partial charge in [-0.15, -0.1) is 0 Å². The van der Waals surface area contributed by atoms with Crippen LogP contribution >= 0.6 is 11.6 Å². The van der Waals surface area contributed by atoms with Gasteiger partial charge in [-0.05, 0) is 30.3 Å². The van der Waals surface area contributed by atoms with Gasteiger partial charge in [0, 0.05) is 17.0 Å². The van der Waals surface area contributed by atoms with E-state index in [9.17, 15) is 0 Å². The molecule has 3 aromatic heterocycles. The first-order valence-electron chi connectivity index (χ1n) is 8.11. The quantitative estimate of drug-likeness (QED) is 0.425. The Morgan fingerprint density at radius 1 is 0.962 bits per heavy atom. The monoisotopic (exact) mass is 360 g/mol. The predicted octanol–water partition coefficient (Wildman–Crippen LogP) is 4.78. The molecule has 0 saturated carbocycles. The number of benzene rings is 2. The summed E-state index contributed by atoms with van der Waals surface area (Å²) < 4.78 is 7.10. The van der Waals surface area contributed by atoms with Crippen LogP contribution in [0.25, 0.3) is 38.5 Å². The molecular weight excluding hydrogens is 348 g/mol. The lowest BCUT2D eigenvalue weighted by atomic mass is 10.1. The summed E-state index contributed by atoms with van der Waals surface area (Å²) in [5, 5.41) is 7.63. The summed E-state index contributed by atoms with van der Waals surface area (Å²) in [4.78, 5) is 9.42. The number of hydrogen-bond donors (Lipinski definition) is 0. The second-order valence-electron chi connectivity index (χ2n) is 5.96. The van der Waals surface area contributed by atoms with Gasteiger partial charge in [-0.1, -0.05) is 29.8 Å². The van der Waals surface area contributed by atoms with Gasteiger partial charge < -0.3 is 4.74 Å². The highest BCUT2D eigenvalue weighted by molar-refractivity contribution is 6.41. The summed E-state index contributed by atoms with van der Waals surface area (Å²) >= 11 is 6.66. The van der Waals surface area contributed by atoms with Crippen LogP contribution in [0.15, 0.2) is 60.9 Å². The molecule has 0 unspecified atom stereocenters. The van der Waals surface area contributed by atoms with Crippen molar-refractivity contribution in [2.45, 2.75) is 0 Å². The topological polar surface area (TPSA) is 52.8 Å². The zero-order chi connectivity index (χ0) is 17.7. The van der Waals surface area contributed by atoms with Crippen molar-refractivity contribution in [3.8, 4) is 11.4 Å². The summed E-state index contributed by atoms with van der Waals surface area (Å²) in [5.41, 5.74) is 3.30. The van der Waals surface area contributed by atoms with Gasteiger partial charge in [0.1, 0.15) is 5.75 Å². The zero-order valence-electron chi connectivity index (χ0n) is 13.8. The largest absolute Gasteiger partial charge is 0.497 e. The van der Waals surface area contributed by atoms with Gasteiger partial charge in [0.25, 0.3) is 0 Å². The summed E-state index contributed by atoms with van der Waals surface area (Å²) in [6.45, 7) is 0. The zero-order valence-corrected chi connectivity index (χ0v) is 14.6. The highest BCUT2D eigenvalue weighted by Gasteiger charge is 2.15. The SMILES string of the molecule is COc1ccc2nc3c(cnc4c3cnn4-c3ccccc3)c(Cl)c2c1. The minimum atomic E-state index is 0.616. The number of fused-ring (bicyclic) bond motifs is 4. The molecule has 5 aromatic rings. The Balaban J connectivity index is 1.85. The maximum absolute atomic E-state index is 6.66. The lowest BCUT2D eigenvalue weighted by Gasteiger charge is -2.08. The second kappa shape index (κ2) is 5.68. The Labute approximate surface area is 153 Å². The normalized spacial score (nSPS) is 11.5. The molecule has 5 nitrogen and oxygen atoms in total. The lowest BCUT2D eigenvalue weighted by molar-refractivity contribution is 0.415. The third-order valence-electron chi connectivity index (χ3n) is 4.48. The fraction of sp³-hybridized carbons (Fsp3) is 0.0500. The molecule has 0 N–H and O–H groups in total. The molecule has 2 aromatic carbocycles. The number of pyridine rings is 2. The molecule has 0 radical (unpaired) electrons. The number of methoxy groups -OCH3 is 1. The van der Waals surface area contributed by atoms with E-state index in [0.29, 0.717) is 5.02 Å². The van der Waals surface area contributed by atoms with Crippen LogP contribution in [-0.2, 0) is 0 Å². The Kier molecular flexibility index (Phi) is 3.30. The first kappa shape index (κ1) is 15.1. The summed E-state index contributed by atoms with van der Waals surface area (Å²) in [6.07, 6.45) is 3.55. The number of para-hydroxylation sites is 1. The van der Waals surface area contributed by atoms with Crippen molar-refractivity contribution < 1.29 is 4.74 Å². The van der Waals surface area contributed by atoms with E-state index in [1.807, 2.05) is 53.2 Å². The molecule has 3 heterocycles. The van der Waals surface area contributed by atoms with Gasteiger partial charge >= 0.3 is 0 Å². The molecule has 0 fully saturated rings. The van der Waals surface area contributed by atoms with Crippen molar-refractivity contribution in [2.24, 2.45) is 0 Å². The van der Waals surface area contributed by atoms with E-state index in [0.717, 1.165) is 44.3 Å². The first-order valence-corrected chi connectivity index (χ1v) is 8.49. The standard InChI is InChI=1S/C20H13ClN4O/c1-26-13-7-8-17-14(9-13)18(21)15-10-22-20-16(19(15)24-17)11-23-25(20)12-5-3-2-4-6-12/h2-11H,1H3. The summed E-state index contributed by atoms with van der Waals surface area (Å²) in [7, 11) is 1.63. The van der Waals surface area contributed by atoms with E-state index in [-0.39, 0.29) is 0 Å². The molecule has 0 bridgehead atoms. The molecular formula is C20H13ClN4O. The van der Waals surface area contributed by atoms with E-state index in [1.54, 1.807) is 19.5 Å². The third kappa shape index (κ3) is 2.14. The van der Waals surface area contributed by atoms with Crippen LogP contribution in [-0.4, -0.2) is 26.9 Å². The van der Waals surface area contributed by atoms with Crippen molar-refractivity contribution >= 4 is 44.4 Å². The van der Waals surface area contributed by atoms with Crippen LogP contribution in [0.2, 0.25) is 5.02 Å². The van der Waals surface area contributed by atoms with Crippen molar-refractivity contribution in [1.29, 1.82) is 0 Å². The molecule has 0 aliphatic heterocycles. The fourth-order valence-corrected chi connectivity index (χ4v) is 3.48. The smallest absolute Gasteiger partial charge is 0.165 e. The molecule has 5 rings (SSSR count). The number of aromatic nitrogens is 4. The third-order valence-corrected chi connectivity index (χ3v) is 4.89. The van der Waals surface area contributed by atoms with E-state index in [4.69, 9.17) is 21.3 Å². The van der Waals surface area contributed by atoms with E-state index < -0.39 is 0 Å². The van der Waals surface area contributed by atoms with Crippen LogP contribution in [0.4, 0.5) is 0 Å². The van der Waals surface area contributed by atoms with Gasteiger partial charge in [-0.2, -0.15) is 5.10 Å². The van der Waals surface area contributed by atoms with Crippen molar-refractivity contribution in [1.82, 2.24) is 19.7 Å². The average Bonchev–Trinajstić information content (AvgIpc) is 3.13. The highest BCUT2D eigenvalue weighted by atomic mass is 35.5. The molecule has 0 aliphatic carbocycles. The highest BCUT2D eigenvalue weighted by Crippen LogP contribution is 2.35. The van der Waals surface area contributed by atoms with Gasteiger partial charge in [-0.25, -0.2) is 14.6 Å². The Hall–Kier alpha value is -3.18. The minimum absolute atomic E-state index is 0.616. The molecule has 0 spiro atoms. The Morgan fingerprint density at radius 3 is 2.62 bits per heavy atom. The average molecular weight is 361 g/mol. The number of nitrogens with zero attached hydrogens (tertiary/aromatic N) is 4. The van der Waals surface area contributed by atoms with Gasteiger partial charge in [0.15, 0.2) is 5.65 Å². The van der Waals surface area contributed by atoms with Crippen LogP contribution in [0, 0.1) is 0 Å². The van der Waals surface area contributed by atoms with Crippen LogP contribution < -0.4 is 4.74 Å². The van der Waals surface area contributed by atoms with E-state index in [2.05, 4.69) is 10.1 Å². The fourth-order valence-electron chi connectivity index (χ4n) is 3.19. The van der Waals surface area contributed by atoms with Crippen LogP contribution in [0.1, 0.15) is 0 Å². The maximum atomic E-state index is 6.66. The number of halogens is 1. The Morgan fingerprint density at radius 2 is 1.81 bits per heavy atom. The summed E-state index contributed by atoms with van der Waals surface area (Å²) in [5.74, 6) is 0.742. The van der Waals surface area contributed by atoms with Gasteiger partial charge in [0.2, 0.25) is 0 Å². The van der Waals surface area contributed by atoms with Crippen molar-refractivity contribution in [2.75, 3.05) is 7.11 Å². The minimum Gasteiger partial charge on any atom is -0.497 e. The molecule has 0 aliphatic rings. The van der Waals surface area contributed by atoms with Gasteiger partial charge in [0.05, 0.1) is 40.4 Å². The number of ether oxygens (including phenoxy) is 1. The second-order valence-corrected chi connectivity index (χ2v) is 6.34. The lowest BCUT2D eigenvalue weighted by Crippen LogP contribution is -1.97. The van der Waals surface area contributed by atoms with Crippen LogP contribution in [0.5, 0.6) is 5.75 Å². The number of hydrogen-bond acceptors (Lipinski definition) is 4. The first-order chi connectivity index (χ1) is 12.8. The van der Waals surface area contributed by atoms with Crippen molar-refractivity contribution in [3.63, 3.8) is 0 Å². The molecule has 0 saturated heterocycles. The van der Waals surface area contributed by atoms with E-state index in [1.165, 1.54) is 0 Å². The maximum Gasteiger partial charge on any atom is 0.165 e. The molecule has 6 heteroatoms. The molecule has 0 atom stereocenters. The number of rotatable bonds is 2. The predicted molar refractivity (Wildman–Crippen MR) is 103 cm³/mol. The summed E-state index contributed by atoms with van der Waals surface area (Å²) in [6, 6.07) is 15.6. The van der Waals surface area contributed by atoms with Crippen LogP contribution in [0.3, 0.4) is 0 Å². The Bertz CT molecular complexity index is 1280. The van der Waals surface area contributed by atoms with E-state index >= 15 is 0 Å². The van der Waals surface area contributed by atoms with Crippen molar-refractivity contribution in [3.05, 3.63) is 65.9 Å².